The standard InChI is InChI=1S/C20H18N4O4/c25-17(12-24-19(26)15-3-1-2-4-16(15)20(24)27)23-13-5-7-14(8-6-13)28-18-11-21-9-10-22-18/h1-2,5-11,15-16H,3-4,12H2,(H,23,25)/t15-,16-/m0/s1. The minimum absolute atomic E-state index is 0.262. The Bertz CT molecular complexity index is 901. The molecule has 4 rings (SSSR count). The number of hydrogen-bond acceptors (Lipinski definition) is 6. The van der Waals surface area contributed by atoms with Gasteiger partial charge in [0.2, 0.25) is 23.6 Å². The third-order valence-electron chi connectivity index (χ3n) is 4.80. The molecule has 0 bridgehead atoms. The van der Waals surface area contributed by atoms with E-state index in [1.807, 2.05) is 12.2 Å². The van der Waals surface area contributed by atoms with Crippen LogP contribution in [0.5, 0.6) is 11.6 Å². The van der Waals surface area contributed by atoms with Crippen LogP contribution in [-0.2, 0) is 14.4 Å². The molecule has 2 heterocycles. The van der Waals surface area contributed by atoms with E-state index < -0.39 is 5.91 Å². The van der Waals surface area contributed by atoms with E-state index in [1.54, 1.807) is 30.5 Å². The number of carbonyl (C=O) groups excluding carboxylic acids is 3. The summed E-state index contributed by atoms with van der Waals surface area (Å²) >= 11 is 0. The topological polar surface area (TPSA) is 101 Å². The number of amides is 3. The van der Waals surface area contributed by atoms with E-state index in [2.05, 4.69) is 15.3 Å². The van der Waals surface area contributed by atoms with Crippen LogP contribution in [0.3, 0.4) is 0 Å². The van der Waals surface area contributed by atoms with Crippen LogP contribution in [0, 0.1) is 11.8 Å². The predicted octanol–water partition coefficient (Wildman–Crippen LogP) is 2.16. The summed E-state index contributed by atoms with van der Waals surface area (Å²) in [5.74, 6) is -0.702. The fourth-order valence-corrected chi connectivity index (χ4v) is 3.43. The molecule has 2 aliphatic rings. The third kappa shape index (κ3) is 3.62. The number of hydrogen-bond donors (Lipinski definition) is 1. The number of carbonyl (C=O) groups is 3. The lowest BCUT2D eigenvalue weighted by Gasteiger charge is -2.14. The second kappa shape index (κ2) is 7.59. The lowest BCUT2D eigenvalue weighted by molar-refractivity contribution is -0.142. The molecule has 1 aliphatic heterocycles. The van der Waals surface area contributed by atoms with Gasteiger partial charge in [-0.2, -0.15) is 0 Å². The molecule has 2 aromatic rings. The van der Waals surface area contributed by atoms with Gasteiger partial charge in [-0.1, -0.05) is 12.2 Å². The van der Waals surface area contributed by atoms with Crippen molar-refractivity contribution in [2.45, 2.75) is 12.8 Å². The molecule has 142 valence electrons. The number of likely N-dealkylation sites (tertiary alicyclic amines) is 1. The van der Waals surface area contributed by atoms with Crippen LogP contribution in [-0.4, -0.2) is 39.1 Å². The molecule has 1 saturated heterocycles. The number of imide groups is 1. The summed E-state index contributed by atoms with van der Waals surface area (Å²) in [6, 6.07) is 6.69. The molecule has 8 nitrogen and oxygen atoms in total. The Morgan fingerprint density at radius 3 is 2.36 bits per heavy atom. The molecule has 1 fully saturated rings. The minimum Gasteiger partial charge on any atom is -0.438 e. The Kier molecular flexibility index (Phi) is 4.84. The highest BCUT2D eigenvalue weighted by molar-refractivity contribution is 6.08. The highest BCUT2D eigenvalue weighted by Gasteiger charge is 2.47. The molecule has 0 radical (unpaired) electrons. The number of allylic oxidation sites excluding steroid dienone is 2. The van der Waals surface area contributed by atoms with Crippen molar-refractivity contribution in [2.24, 2.45) is 11.8 Å². The number of benzene rings is 1. The molecule has 1 aromatic heterocycles. The van der Waals surface area contributed by atoms with Crippen molar-refractivity contribution in [1.82, 2.24) is 14.9 Å². The van der Waals surface area contributed by atoms with Gasteiger partial charge in [-0.15, -0.1) is 0 Å². The number of aromatic nitrogens is 2. The van der Waals surface area contributed by atoms with Gasteiger partial charge in [-0.25, -0.2) is 4.98 Å². The van der Waals surface area contributed by atoms with Crippen molar-refractivity contribution in [3.05, 3.63) is 55.0 Å². The summed E-state index contributed by atoms with van der Waals surface area (Å²) in [5, 5.41) is 2.70. The first-order chi connectivity index (χ1) is 13.6. The molecular weight excluding hydrogens is 360 g/mol. The van der Waals surface area contributed by atoms with Gasteiger partial charge in [0, 0.05) is 18.1 Å². The van der Waals surface area contributed by atoms with Crippen molar-refractivity contribution >= 4 is 23.4 Å². The monoisotopic (exact) mass is 378 g/mol. The first-order valence-electron chi connectivity index (χ1n) is 8.96. The normalized spacial score (nSPS) is 20.8. The van der Waals surface area contributed by atoms with Crippen molar-refractivity contribution < 1.29 is 19.1 Å². The first kappa shape index (κ1) is 17.8. The van der Waals surface area contributed by atoms with Gasteiger partial charge >= 0.3 is 0 Å². The molecule has 28 heavy (non-hydrogen) atoms. The molecule has 1 N–H and O–H groups in total. The van der Waals surface area contributed by atoms with E-state index in [0.717, 1.165) is 4.90 Å². The largest absolute Gasteiger partial charge is 0.438 e. The van der Waals surface area contributed by atoms with Gasteiger partial charge in [-0.05, 0) is 37.1 Å². The van der Waals surface area contributed by atoms with Crippen molar-refractivity contribution in [3.63, 3.8) is 0 Å². The first-order valence-corrected chi connectivity index (χ1v) is 8.96. The van der Waals surface area contributed by atoms with Gasteiger partial charge < -0.3 is 10.1 Å². The maximum Gasteiger partial charge on any atom is 0.244 e. The zero-order chi connectivity index (χ0) is 19.5. The third-order valence-corrected chi connectivity index (χ3v) is 4.80. The Labute approximate surface area is 161 Å². The number of fused-ring (bicyclic) bond motifs is 1. The summed E-state index contributed by atoms with van der Waals surface area (Å²) in [7, 11) is 0. The van der Waals surface area contributed by atoms with Crippen LogP contribution in [0.2, 0.25) is 0 Å². The van der Waals surface area contributed by atoms with Gasteiger partial charge in [0.1, 0.15) is 12.3 Å². The lowest BCUT2D eigenvalue weighted by Crippen LogP contribution is -2.38. The molecular formula is C20H18N4O4. The lowest BCUT2D eigenvalue weighted by atomic mass is 9.85. The van der Waals surface area contributed by atoms with Gasteiger partial charge in [0.15, 0.2) is 0 Å². The smallest absolute Gasteiger partial charge is 0.244 e. The van der Waals surface area contributed by atoms with Crippen LogP contribution in [0.25, 0.3) is 0 Å². The summed E-state index contributed by atoms with van der Waals surface area (Å²) in [6.07, 6.45) is 9.51. The van der Waals surface area contributed by atoms with Gasteiger partial charge in [0.05, 0.1) is 18.0 Å². The van der Waals surface area contributed by atoms with Gasteiger partial charge in [0.25, 0.3) is 0 Å². The maximum absolute atomic E-state index is 12.4. The van der Waals surface area contributed by atoms with E-state index in [9.17, 15) is 14.4 Å². The predicted molar refractivity (Wildman–Crippen MR) is 99.3 cm³/mol. The van der Waals surface area contributed by atoms with E-state index in [-0.39, 0.29) is 30.2 Å². The number of anilines is 1. The van der Waals surface area contributed by atoms with Crippen molar-refractivity contribution in [3.8, 4) is 11.6 Å². The summed E-state index contributed by atoms with van der Waals surface area (Å²) < 4.78 is 5.54. The fourth-order valence-electron chi connectivity index (χ4n) is 3.43. The average Bonchev–Trinajstić information content (AvgIpc) is 2.95. The Morgan fingerprint density at radius 2 is 1.75 bits per heavy atom. The molecule has 8 heteroatoms. The second-order valence-corrected chi connectivity index (χ2v) is 6.64. The summed E-state index contributed by atoms with van der Waals surface area (Å²) in [6.45, 7) is -0.275. The summed E-state index contributed by atoms with van der Waals surface area (Å²) in [4.78, 5) is 46.2. The van der Waals surface area contributed by atoms with Crippen LogP contribution in [0.1, 0.15) is 12.8 Å². The summed E-state index contributed by atoms with van der Waals surface area (Å²) in [5.41, 5.74) is 0.537. The average molecular weight is 378 g/mol. The highest BCUT2D eigenvalue weighted by atomic mass is 16.5. The number of nitrogens with one attached hydrogen (secondary N) is 1. The zero-order valence-electron chi connectivity index (χ0n) is 14.9. The molecule has 0 unspecified atom stereocenters. The zero-order valence-corrected chi connectivity index (χ0v) is 14.9. The quantitative estimate of drug-likeness (QED) is 0.632. The van der Waals surface area contributed by atoms with Crippen molar-refractivity contribution in [1.29, 1.82) is 0 Å². The second-order valence-electron chi connectivity index (χ2n) is 6.64. The van der Waals surface area contributed by atoms with E-state index in [1.165, 1.54) is 12.4 Å². The number of nitrogens with zero attached hydrogens (tertiary/aromatic N) is 3. The minimum atomic E-state index is -0.420. The van der Waals surface area contributed by atoms with Gasteiger partial charge in [-0.3, -0.25) is 24.3 Å². The van der Waals surface area contributed by atoms with E-state index in [4.69, 9.17) is 4.74 Å². The SMILES string of the molecule is O=C(CN1C(=O)[C@H]2CC=CC[C@@H]2C1=O)Nc1ccc(Oc2cnccn2)cc1. The fraction of sp³-hybridized carbons (Fsp3) is 0.250. The molecule has 3 amide bonds. The van der Waals surface area contributed by atoms with Crippen LogP contribution >= 0.6 is 0 Å². The number of ether oxygens (including phenoxy) is 1. The molecule has 0 saturated carbocycles. The van der Waals surface area contributed by atoms with Crippen molar-refractivity contribution in [2.75, 3.05) is 11.9 Å². The Balaban J connectivity index is 1.35. The molecule has 1 aromatic carbocycles. The van der Waals surface area contributed by atoms with E-state index in [0.29, 0.717) is 30.2 Å². The Morgan fingerprint density at radius 1 is 1.07 bits per heavy atom. The van der Waals surface area contributed by atoms with Crippen LogP contribution < -0.4 is 10.1 Å². The maximum atomic E-state index is 12.4. The molecule has 1 aliphatic carbocycles. The number of rotatable bonds is 5. The molecule has 2 atom stereocenters. The van der Waals surface area contributed by atoms with E-state index >= 15 is 0 Å². The molecule has 0 spiro atoms. The Hall–Kier alpha value is -3.55. The van der Waals surface area contributed by atoms with Crippen LogP contribution in [0.15, 0.2) is 55.0 Å². The highest BCUT2D eigenvalue weighted by Crippen LogP contribution is 2.34. The van der Waals surface area contributed by atoms with Crippen LogP contribution in [0.4, 0.5) is 5.69 Å².